The first-order valence-electron chi connectivity index (χ1n) is 9.14. The fourth-order valence-corrected chi connectivity index (χ4v) is 9.26. The van der Waals surface area contributed by atoms with Gasteiger partial charge in [0.1, 0.15) is 0 Å². The van der Waals surface area contributed by atoms with E-state index in [4.69, 9.17) is 0 Å². The summed E-state index contributed by atoms with van der Waals surface area (Å²) in [5.41, 5.74) is 7.62. The molecule has 124 valence electrons. The van der Waals surface area contributed by atoms with E-state index < -0.39 is 0 Å². The van der Waals surface area contributed by atoms with Crippen LogP contribution in [0.5, 0.6) is 0 Å². The molecule has 1 aromatic heterocycles. The van der Waals surface area contributed by atoms with Gasteiger partial charge in [-0.05, 0) is 48.7 Å². The summed E-state index contributed by atoms with van der Waals surface area (Å²) < 4.78 is 2.67. The van der Waals surface area contributed by atoms with Crippen LogP contribution in [0.1, 0.15) is 63.8 Å². The van der Waals surface area contributed by atoms with Crippen molar-refractivity contribution in [2.24, 2.45) is 5.92 Å². The van der Waals surface area contributed by atoms with Crippen molar-refractivity contribution in [1.82, 2.24) is 4.57 Å². The van der Waals surface area contributed by atoms with Gasteiger partial charge in [0, 0.05) is 27.9 Å². The van der Waals surface area contributed by atoms with E-state index in [9.17, 15) is 0 Å². The van der Waals surface area contributed by atoms with Gasteiger partial charge in [0.2, 0.25) is 0 Å². The maximum Gasteiger partial charge on any atom is 0.0500 e. The number of hydrogen-bond donors (Lipinski definition) is 0. The van der Waals surface area contributed by atoms with E-state index in [0.717, 1.165) is 11.8 Å². The lowest BCUT2D eigenvalue weighted by atomic mass is 9.98. The van der Waals surface area contributed by atoms with E-state index >= 15 is 0 Å². The van der Waals surface area contributed by atoms with Crippen molar-refractivity contribution in [2.45, 2.75) is 57.3 Å². The number of nitrogens with zero attached hydrogens (tertiary/aromatic N) is 1. The van der Waals surface area contributed by atoms with Crippen molar-refractivity contribution < 1.29 is 0 Å². The fraction of sp³-hybridized carbons (Fsp3) is 0.455. The zero-order valence-corrected chi connectivity index (χ0v) is 16.2. The van der Waals surface area contributed by atoms with Crippen molar-refractivity contribution in [3.05, 3.63) is 53.2 Å². The van der Waals surface area contributed by atoms with Crippen LogP contribution in [0.2, 0.25) is 0 Å². The molecular weight excluding hydrogens is 309 g/mol. The Balaban J connectivity index is 1.87. The Morgan fingerprint density at radius 2 is 1.92 bits per heavy atom. The van der Waals surface area contributed by atoms with Gasteiger partial charge in [0.05, 0.1) is 0 Å². The maximum absolute atomic E-state index is 2.67. The number of hydrogen-bond acceptors (Lipinski definition) is 0. The minimum absolute atomic E-state index is 0.202. The first-order valence-corrected chi connectivity index (χ1v) is 10.5. The molecule has 2 heteroatoms. The first kappa shape index (κ1) is 15.0. The minimum Gasteiger partial charge on any atom is -0.313 e. The third kappa shape index (κ3) is 1.80. The Bertz CT molecular complexity index is 878. The lowest BCUT2D eigenvalue weighted by Gasteiger charge is -2.48. The third-order valence-electron chi connectivity index (χ3n) is 6.03. The number of aromatic nitrogens is 1. The van der Waals surface area contributed by atoms with E-state index in [0.29, 0.717) is 0 Å². The second-order valence-corrected chi connectivity index (χ2v) is 12.7. The standard InChI is InChI=1S/C22H26NP/c1-21(2,3)24-19-13-15-11-10-14-12-16(14)20(15)23(19)18-9-7-6-8-17(18)22(24,4)5/h6-11,13-14,16H,12H2,1-5H3. The van der Waals surface area contributed by atoms with Crippen LogP contribution in [0.4, 0.5) is 0 Å². The highest BCUT2D eigenvalue weighted by molar-refractivity contribution is 7.68. The van der Waals surface area contributed by atoms with Gasteiger partial charge in [-0.1, -0.05) is 65.0 Å². The molecule has 0 amide bonds. The molecule has 0 radical (unpaired) electrons. The van der Waals surface area contributed by atoms with Crippen molar-refractivity contribution >= 4 is 19.4 Å². The van der Waals surface area contributed by atoms with Gasteiger partial charge in [-0.25, -0.2) is 0 Å². The molecule has 1 saturated carbocycles. The lowest BCUT2D eigenvalue weighted by Crippen LogP contribution is -2.39. The Labute approximate surface area is 146 Å². The number of benzene rings is 1. The van der Waals surface area contributed by atoms with Crippen LogP contribution >= 0.6 is 7.92 Å². The van der Waals surface area contributed by atoms with Crippen LogP contribution in [-0.2, 0) is 5.16 Å². The smallest absolute Gasteiger partial charge is 0.0500 e. The lowest BCUT2D eigenvalue weighted by molar-refractivity contribution is 0.683. The number of para-hydroxylation sites is 1. The van der Waals surface area contributed by atoms with Gasteiger partial charge in [0.25, 0.3) is 0 Å². The summed E-state index contributed by atoms with van der Waals surface area (Å²) in [6, 6.07) is 11.7. The highest BCUT2D eigenvalue weighted by atomic mass is 31.1. The SMILES string of the molecule is CC(C)(C)P1c2cc3c(n2-c2ccccc2C1(C)C)C1CC1C=C3. The third-order valence-corrected chi connectivity index (χ3v) is 9.52. The Morgan fingerprint density at radius 3 is 2.67 bits per heavy atom. The summed E-state index contributed by atoms with van der Waals surface area (Å²) in [6.07, 6.45) is 6.17. The summed E-state index contributed by atoms with van der Waals surface area (Å²) in [5, 5.41) is 0.492. The van der Waals surface area contributed by atoms with E-state index in [2.05, 4.69) is 81.7 Å². The molecule has 1 aromatic carbocycles. The minimum atomic E-state index is -0.309. The largest absolute Gasteiger partial charge is 0.313 e. The topological polar surface area (TPSA) is 4.93 Å². The molecule has 0 bridgehead atoms. The van der Waals surface area contributed by atoms with Crippen molar-refractivity contribution in [2.75, 3.05) is 0 Å². The summed E-state index contributed by atoms with van der Waals surface area (Å²) in [7, 11) is -0.309. The van der Waals surface area contributed by atoms with Gasteiger partial charge < -0.3 is 4.57 Å². The zero-order chi connectivity index (χ0) is 16.9. The summed E-state index contributed by atoms with van der Waals surface area (Å²) >= 11 is 0. The molecule has 2 heterocycles. The predicted octanol–water partition coefficient (Wildman–Crippen LogP) is 5.76. The van der Waals surface area contributed by atoms with Crippen LogP contribution < -0.4 is 5.44 Å². The van der Waals surface area contributed by atoms with Crippen molar-refractivity contribution in [3.8, 4) is 5.69 Å². The van der Waals surface area contributed by atoms with Crippen LogP contribution in [0.25, 0.3) is 11.8 Å². The highest BCUT2D eigenvalue weighted by Crippen LogP contribution is 2.67. The number of rotatable bonds is 0. The second kappa shape index (κ2) is 4.44. The van der Waals surface area contributed by atoms with Gasteiger partial charge in [-0.3, -0.25) is 0 Å². The molecule has 2 aromatic rings. The van der Waals surface area contributed by atoms with Crippen LogP contribution in [0.3, 0.4) is 0 Å². The first-order chi connectivity index (χ1) is 11.3. The molecule has 3 unspecified atom stereocenters. The molecule has 3 atom stereocenters. The van der Waals surface area contributed by atoms with E-state index in [1.54, 1.807) is 11.1 Å². The monoisotopic (exact) mass is 335 g/mol. The van der Waals surface area contributed by atoms with Gasteiger partial charge >= 0.3 is 0 Å². The van der Waals surface area contributed by atoms with Crippen LogP contribution in [0.15, 0.2) is 36.4 Å². The van der Waals surface area contributed by atoms with Crippen LogP contribution in [-0.4, -0.2) is 9.72 Å². The average molecular weight is 335 g/mol. The molecule has 0 spiro atoms. The number of fused-ring (bicyclic) bond motifs is 7. The quantitative estimate of drug-likeness (QED) is 0.539. The molecule has 0 N–H and O–H groups in total. The second-order valence-electron chi connectivity index (χ2n) is 9.13. The molecule has 1 nitrogen and oxygen atoms in total. The van der Waals surface area contributed by atoms with Gasteiger partial charge in [0.15, 0.2) is 0 Å². The Hall–Kier alpha value is -1.33. The maximum atomic E-state index is 2.67. The predicted molar refractivity (Wildman–Crippen MR) is 105 cm³/mol. The summed E-state index contributed by atoms with van der Waals surface area (Å²) in [5.74, 6) is 1.55. The Morgan fingerprint density at radius 1 is 1.17 bits per heavy atom. The summed E-state index contributed by atoms with van der Waals surface area (Å²) in [4.78, 5) is 0. The van der Waals surface area contributed by atoms with Gasteiger partial charge in [-0.15, -0.1) is 0 Å². The van der Waals surface area contributed by atoms with E-state index in [-0.39, 0.29) is 18.2 Å². The Kier molecular flexibility index (Phi) is 2.77. The van der Waals surface area contributed by atoms with E-state index in [1.165, 1.54) is 23.2 Å². The molecule has 2 aliphatic carbocycles. The van der Waals surface area contributed by atoms with Crippen molar-refractivity contribution in [1.29, 1.82) is 0 Å². The molecule has 3 aliphatic rings. The highest BCUT2D eigenvalue weighted by Gasteiger charge is 2.50. The van der Waals surface area contributed by atoms with Gasteiger partial charge in [-0.2, -0.15) is 0 Å². The van der Waals surface area contributed by atoms with Crippen LogP contribution in [0, 0.1) is 5.92 Å². The molecule has 1 aliphatic heterocycles. The molecular formula is C22H26NP. The normalized spacial score (nSPS) is 28.6. The molecule has 1 fully saturated rings. The number of allylic oxidation sites excluding steroid dienone is 1. The van der Waals surface area contributed by atoms with Crippen molar-refractivity contribution in [3.63, 3.8) is 0 Å². The summed E-state index contributed by atoms with van der Waals surface area (Å²) in [6.45, 7) is 12.2. The van der Waals surface area contributed by atoms with E-state index in [1.807, 2.05) is 0 Å². The molecule has 24 heavy (non-hydrogen) atoms. The zero-order valence-electron chi connectivity index (χ0n) is 15.3. The fourth-order valence-electron chi connectivity index (χ4n) is 5.21. The average Bonchev–Trinajstić information content (AvgIpc) is 3.19. The molecule has 5 rings (SSSR count). The molecule has 0 saturated heterocycles.